The molecule has 0 spiro atoms. The van der Waals surface area contributed by atoms with E-state index in [1.54, 1.807) is 6.20 Å². The van der Waals surface area contributed by atoms with Crippen molar-refractivity contribution in [3.05, 3.63) is 61.8 Å². The zero-order chi connectivity index (χ0) is 13.7. The summed E-state index contributed by atoms with van der Waals surface area (Å²) in [6.07, 6.45) is 2.78. The zero-order valence-corrected chi connectivity index (χ0v) is 14.1. The minimum Gasteiger partial charge on any atom is -0.311 e. The van der Waals surface area contributed by atoms with Crippen molar-refractivity contribution in [2.45, 2.75) is 13.0 Å². The van der Waals surface area contributed by atoms with Crippen LogP contribution in [-0.4, -0.2) is 11.5 Å². The maximum absolute atomic E-state index is 5.85. The highest BCUT2D eigenvalue weighted by Crippen LogP contribution is 2.19. The van der Waals surface area contributed by atoms with Gasteiger partial charge in [0.05, 0.1) is 5.69 Å². The highest BCUT2D eigenvalue weighted by Gasteiger charge is 2.01. The van der Waals surface area contributed by atoms with Gasteiger partial charge in [0.2, 0.25) is 0 Å². The van der Waals surface area contributed by atoms with Gasteiger partial charge in [0.25, 0.3) is 0 Å². The van der Waals surface area contributed by atoms with Crippen LogP contribution in [0, 0.1) is 0 Å². The van der Waals surface area contributed by atoms with Crippen LogP contribution in [0.2, 0.25) is 5.02 Å². The molecule has 100 valence electrons. The Morgan fingerprint density at radius 1 is 1.16 bits per heavy atom. The van der Waals surface area contributed by atoms with Gasteiger partial charge < -0.3 is 5.32 Å². The Bertz CT molecular complexity index is 544. The third-order valence-corrected chi connectivity index (χ3v) is 4.05. The normalized spacial score (nSPS) is 10.7. The van der Waals surface area contributed by atoms with Gasteiger partial charge in [0.15, 0.2) is 0 Å². The van der Waals surface area contributed by atoms with Crippen LogP contribution in [0.5, 0.6) is 0 Å². The number of pyridine rings is 1. The standard InChI is InChI=1S/C14H13Br2ClN2/c15-11-7-13(16)14(19-8-11)9-18-6-5-10-1-3-12(17)4-2-10/h1-4,7-8,18H,5-6,9H2. The first kappa shape index (κ1) is 15.0. The van der Waals surface area contributed by atoms with Crippen molar-refractivity contribution < 1.29 is 0 Å². The maximum Gasteiger partial charge on any atom is 0.0684 e. The van der Waals surface area contributed by atoms with Crippen LogP contribution < -0.4 is 5.32 Å². The van der Waals surface area contributed by atoms with Crippen molar-refractivity contribution in [3.63, 3.8) is 0 Å². The first-order valence-corrected chi connectivity index (χ1v) is 7.86. The molecule has 0 aliphatic carbocycles. The van der Waals surface area contributed by atoms with Crippen molar-refractivity contribution in [2.24, 2.45) is 0 Å². The molecular weight excluding hydrogens is 391 g/mol. The Kier molecular flexibility index (Phi) is 5.82. The average molecular weight is 405 g/mol. The van der Waals surface area contributed by atoms with Gasteiger partial charge in [-0.3, -0.25) is 4.98 Å². The van der Waals surface area contributed by atoms with Crippen LogP contribution in [0.15, 0.2) is 45.5 Å². The van der Waals surface area contributed by atoms with Gasteiger partial charge in [-0.15, -0.1) is 0 Å². The van der Waals surface area contributed by atoms with Crippen LogP contribution >= 0.6 is 43.5 Å². The summed E-state index contributed by atoms with van der Waals surface area (Å²) < 4.78 is 1.99. The third-order valence-electron chi connectivity index (χ3n) is 2.68. The van der Waals surface area contributed by atoms with E-state index in [1.165, 1.54) is 5.56 Å². The lowest BCUT2D eigenvalue weighted by atomic mass is 10.1. The number of rotatable bonds is 5. The molecule has 0 atom stereocenters. The SMILES string of the molecule is Clc1ccc(CCNCc2ncc(Br)cc2Br)cc1. The summed E-state index contributed by atoms with van der Waals surface area (Å²) in [6.45, 7) is 1.66. The molecule has 0 saturated carbocycles. The molecule has 0 radical (unpaired) electrons. The number of nitrogens with one attached hydrogen (secondary N) is 1. The Balaban J connectivity index is 1.79. The van der Waals surface area contributed by atoms with Crippen molar-refractivity contribution in [1.29, 1.82) is 0 Å². The Morgan fingerprint density at radius 2 is 1.89 bits per heavy atom. The van der Waals surface area contributed by atoms with Crippen LogP contribution in [0.4, 0.5) is 0 Å². The monoisotopic (exact) mass is 402 g/mol. The van der Waals surface area contributed by atoms with Crippen LogP contribution in [0.1, 0.15) is 11.3 Å². The topological polar surface area (TPSA) is 24.9 Å². The van der Waals surface area contributed by atoms with Gasteiger partial charge >= 0.3 is 0 Å². The third kappa shape index (κ3) is 4.88. The number of benzene rings is 1. The van der Waals surface area contributed by atoms with Crippen LogP contribution in [0.3, 0.4) is 0 Å². The van der Waals surface area contributed by atoms with Gasteiger partial charge in [-0.05, 0) is 68.6 Å². The molecule has 2 aromatic rings. The molecule has 1 aromatic heterocycles. The fourth-order valence-corrected chi connectivity index (χ4v) is 2.92. The predicted molar refractivity (Wildman–Crippen MR) is 86.5 cm³/mol. The summed E-state index contributed by atoms with van der Waals surface area (Å²) in [5.41, 5.74) is 2.29. The lowest BCUT2D eigenvalue weighted by molar-refractivity contribution is 0.672. The molecule has 0 saturated heterocycles. The van der Waals surface area contributed by atoms with Gasteiger partial charge in [0, 0.05) is 26.7 Å². The molecule has 0 aliphatic rings. The summed E-state index contributed by atoms with van der Waals surface area (Å²) in [4.78, 5) is 4.36. The molecule has 1 heterocycles. The van der Waals surface area contributed by atoms with Gasteiger partial charge in [-0.2, -0.15) is 0 Å². The highest BCUT2D eigenvalue weighted by molar-refractivity contribution is 9.11. The summed E-state index contributed by atoms with van der Waals surface area (Å²) >= 11 is 12.7. The second kappa shape index (κ2) is 7.39. The van der Waals surface area contributed by atoms with Gasteiger partial charge in [-0.1, -0.05) is 23.7 Å². The average Bonchev–Trinajstić information content (AvgIpc) is 2.39. The molecule has 0 amide bonds. The van der Waals surface area contributed by atoms with E-state index < -0.39 is 0 Å². The molecule has 2 nitrogen and oxygen atoms in total. The summed E-state index contributed by atoms with van der Waals surface area (Å²) in [5, 5.41) is 4.16. The van der Waals surface area contributed by atoms with E-state index in [1.807, 2.05) is 18.2 Å². The molecule has 1 aromatic carbocycles. The van der Waals surface area contributed by atoms with E-state index in [0.717, 1.165) is 39.2 Å². The van der Waals surface area contributed by atoms with Crippen LogP contribution in [0.25, 0.3) is 0 Å². The van der Waals surface area contributed by atoms with E-state index in [0.29, 0.717) is 0 Å². The van der Waals surface area contributed by atoms with E-state index in [9.17, 15) is 0 Å². The molecule has 19 heavy (non-hydrogen) atoms. The summed E-state index contributed by atoms with van der Waals surface area (Å²) in [7, 11) is 0. The molecule has 0 bridgehead atoms. The number of aromatic nitrogens is 1. The Hall–Kier alpha value is -0.420. The number of halogens is 3. The molecule has 1 N–H and O–H groups in total. The molecular formula is C14H13Br2ClN2. The van der Waals surface area contributed by atoms with Gasteiger partial charge in [0.1, 0.15) is 0 Å². The first-order chi connectivity index (χ1) is 9.15. The van der Waals surface area contributed by atoms with Crippen molar-refractivity contribution in [1.82, 2.24) is 10.3 Å². The number of nitrogens with zero attached hydrogens (tertiary/aromatic N) is 1. The van der Waals surface area contributed by atoms with Crippen molar-refractivity contribution in [3.8, 4) is 0 Å². The van der Waals surface area contributed by atoms with Crippen molar-refractivity contribution >= 4 is 43.5 Å². The quantitative estimate of drug-likeness (QED) is 0.737. The number of hydrogen-bond acceptors (Lipinski definition) is 2. The second-order valence-electron chi connectivity index (χ2n) is 4.14. The second-order valence-corrected chi connectivity index (χ2v) is 6.34. The van der Waals surface area contributed by atoms with E-state index in [-0.39, 0.29) is 0 Å². The highest BCUT2D eigenvalue weighted by atomic mass is 79.9. The van der Waals surface area contributed by atoms with Gasteiger partial charge in [-0.25, -0.2) is 0 Å². The van der Waals surface area contributed by atoms with E-state index in [2.05, 4.69) is 54.3 Å². The molecule has 0 unspecified atom stereocenters. The first-order valence-electron chi connectivity index (χ1n) is 5.90. The fourth-order valence-electron chi connectivity index (χ4n) is 1.66. The zero-order valence-electron chi connectivity index (χ0n) is 10.2. The Morgan fingerprint density at radius 3 is 2.58 bits per heavy atom. The predicted octanol–water partition coefficient (Wildman–Crippen LogP) is 4.59. The number of hydrogen-bond donors (Lipinski definition) is 1. The minimum absolute atomic E-state index is 0.751. The van der Waals surface area contributed by atoms with E-state index >= 15 is 0 Å². The minimum atomic E-state index is 0.751. The smallest absolute Gasteiger partial charge is 0.0684 e. The molecule has 0 aliphatic heterocycles. The fraction of sp³-hybridized carbons (Fsp3) is 0.214. The largest absolute Gasteiger partial charge is 0.311 e. The maximum atomic E-state index is 5.85. The lowest BCUT2D eigenvalue weighted by Gasteiger charge is -2.06. The lowest BCUT2D eigenvalue weighted by Crippen LogP contribution is -2.17. The summed E-state index contributed by atoms with van der Waals surface area (Å²) in [5.74, 6) is 0. The summed E-state index contributed by atoms with van der Waals surface area (Å²) in [6, 6.07) is 9.95. The van der Waals surface area contributed by atoms with E-state index in [4.69, 9.17) is 11.6 Å². The Labute approximate surface area is 134 Å². The molecule has 5 heteroatoms. The van der Waals surface area contributed by atoms with Crippen LogP contribution in [-0.2, 0) is 13.0 Å². The molecule has 0 fully saturated rings. The van der Waals surface area contributed by atoms with Crippen molar-refractivity contribution in [2.75, 3.05) is 6.54 Å². The molecule has 2 rings (SSSR count).